The maximum atomic E-state index is 4.60. The van der Waals surface area contributed by atoms with Gasteiger partial charge in [0.15, 0.2) is 11.0 Å². The van der Waals surface area contributed by atoms with E-state index in [1.165, 1.54) is 19.3 Å². The fourth-order valence-corrected chi connectivity index (χ4v) is 2.47. The lowest BCUT2D eigenvalue weighted by molar-refractivity contribution is 0.348. The van der Waals surface area contributed by atoms with Gasteiger partial charge in [-0.15, -0.1) is 0 Å². The van der Waals surface area contributed by atoms with Gasteiger partial charge in [-0.2, -0.15) is 0 Å². The van der Waals surface area contributed by atoms with Gasteiger partial charge in [0.05, 0.1) is 0 Å². The maximum absolute atomic E-state index is 4.60. The Kier molecular flexibility index (Phi) is 4.22. The maximum Gasteiger partial charge on any atom is 0.165 e. The van der Waals surface area contributed by atoms with Crippen LogP contribution >= 0.6 is 11.8 Å². The molecule has 0 atom stereocenters. The van der Waals surface area contributed by atoms with Crippen molar-refractivity contribution in [3.8, 4) is 0 Å². The Hall–Kier alpha value is -1.03. The monoisotopic (exact) mass is 235 g/mol. The Morgan fingerprint density at radius 1 is 1.31 bits per heavy atom. The van der Waals surface area contributed by atoms with E-state index in [2.05, 4.69) is 21.1 Å². The molecule has 1 fully saturated rings. The molecule has 0 unspecified atom stereocenters. The number of hydrogen-bond donors (Lipinski definition) is 0. The minimum atomic E-state index is 0.803. The SMILES string of the molecule is CSC(=Nc1ccccn1)N1CCCCC1. The van der Waals surface area contributed by atoms with Gasteiger partial charge in [0.2, 0.25) is 0 Å². The number of amidine groups is 1. The van der Waals surface area contributed by atoms with E-state index < -0.39 is 0 Å². The van der Waals surface area contributed by atoms with Gasteiger partial charge in [-0.3, -0.25) is 0 Å². The average molecular weight is 235 g/mol. The molecule has 1 aromatic rings. The molecule has 4 heteroatoms. The Balaban J connectivity index is 2.12. The summed E-state index contributed by atoms with van der Waals surface area (Å²) in [6.07, 6.45) is 7.77. The van der Waals surface area contributed by atoms with Crippen LogP contribution in [0.2, 0.25) is 0 Å². The molecule has 0 radical (unpaired) electrons. The highest BCUT2D eigenvalue weighted by Gasteiger charge is 2.13. The summed E-state index contributed by atoms with van der Waals surface area (Å²) < 4.78 is 0. The third-order valence-corrected chi connectivity index (χ3v) is 3.38. The molecule has 0 spiro atoms. The Labute approximate surface area is 101 Å². The smallest absolute Gasteiger partial charge is 0.165 e. The number of rotatable bonds is 1. The largest absolute Gasteiger partial charge is 0.351 e. The third-order valence-electron chi connectivity index (χ3n) is 2.67. The molecule has 0 amide bonds. The van der Waals surface area contributed by atoms with Crippen LogP contribution in [0, 0.1) is 0 Å². The van der Waals surface area contributed by atoms with Crippen molar-refractivity contribution in [2.75, 3.05) is 19.3 Å². The zero-order valence-electron chi connectivity index (χ0n) is 9.59. The van der Waals surface area contributed by atoms with E-state index in [1.54, 1.807) is 18.0 Å². The van der Waals surface area contributed by atoms with Crippen LogP contribution in [0.5, 0.6) is 0 Å². The predicted molar refractivity (Wildman–Crippen MR) is 70.3 cm³/mol. The van der Waals surface area contributed by atoms with Crippen LogP contribution in [0.4, 0.5) is 5.82 Å². The third kappa shape index (κ3) is 2.98. The van der Waals surface area contributed by atoms with Gasteiger partial charge in [0.25, 0.3) is 0 Å². The fourth-order valence-electron chi connectivity index (χ4n) is 1.85. The fraction of sp³-hybridized carbons (Fsp3) is 0.500. The zero-order chi connectivity index (χ0) is 11.2. The molecule has 2 rings (SSSR count). The van der Waals surface area contributed by atoms with Crippen LogP contribution in [0.25, 0.3) is 0 Å². The van der Waals surface area contributed by atoms with Gasteiger partial charge in [0, 0.05) is 19.3 Å². The number of pyridine rings is 1. The summed E-state index contributed by atoms with van der Waals surface area (Å²) in [5, 5.41) is 1.10. The molecule has 1 aliphatic rings. The van der Waals surface area contributed by atoms with Crippen LogP contribution < -0.4 is 0 Å². The molecule has 16 heavy (non-hydrogen) atoms. The van der Waals surface area contributed by atoms with Crippen molar-refractivity contribution >= 4 is 22.7 Å². The Morgan fingerprint density at radius 2 is 2.12 bits per heavy atom. The summed E-state index contributed by atoms with van der Waals surface area (Å²) in [5.74, 6) is 0.803. The highest BCUT2D eigenvalue weighted by Crippen LogP contribution is 2.17. The van der Waals surface area contributed by atoms with E-state index in [0.29, 0.717) is 0 Å². The number of thioether (sulfide) groups is 1. The van der Waals surface area contributed by atoms with Crippen LogP contribution in [-0.2, 0) is 0 Å². The van der Waals surface area contributed by atoms with E-state index in [9.17, 15) is 0 Å². The minimum Gasteiger partial charge on any atom is -0.351 e. The van der Waals surface area contributed by atoms with E-state index in [4.69, 9.17) is 0 Å². The second-order valence-electron chi connectivity index (χ2n) is 3.83. The summed E-state index contributed by atoms with van der Waals surface area (Å²) in [4.78, 5) is 11.2. The van der Waals surface area contributed by atoms with Gasteiger partial charge < -0.3 is 4.90 Å². The van der Waals surface area contributed by atoms with Crippen molar-refractivity contribution in [1.82, 2.24) is 9.88 Å². The first kappa shape index (κ1) is 11.5. The van der Waals surface area contributed by atoms with Crippen molar-refractivity contribution in [2.24, 2.45) is 4.99 Å². The first-order valence-corrected chi connectivity index (χ1v) is 6.91. The number of hydrogen-bond acceptors (Lipinski definition) is 3. The summed E-state index contributed by atoms with van der Waals surface area (Å²) in [5.41, 5.74) is 0. The minimum absolute atomic E-state index is 0.803. The normalized spacial score (nSPS) is 17.6. The molecule has 0 N–H and O–H groups in total. The van der Waals surface area contributed by atoms with Crippen LogP contribution in [0.3, 0.4) is 0 Å². The molecule has 0 aromatic carbocycles. The number of likely N-dealkylation sites (tertiary alicyclic amines) is 1. The molecule has 0 aliphatic carbocycles. The van der Waals surface area contributed by atoms with Crippen molar-refractivity contribution in [3.63, 3.8) is 0 Å². The molecular weight excluding hydrogens is 218 g/mol. The summed E-state index contributed by atoms with van der Waals surface area (Å²) in [6, 6.07) is 5.83. The van der Waals surface area contributed by atoms with Crippen molar-refractivity contribution in [1.29, 1.82) is 0 Å². The number of aromatic nitrogens is 1. The van der Waals surface area contributed by atoms with Crippen LogP contribution in [-0.4, -0.2) is 34.4 Å². The molecule has 1 aliphatic heterocycles. The molecule has 3 nitrogen and oxygen atoms in total. The van der Waals surface area contributed by atoms with E-state index in [0.717, 1.165) is 24.1 Å². The lowest BCUT2D eigenvalue weighted by Gasteiger charge is -2.28. The molecule has 2 heterocycles. The summed E-state index contributed by atoms with van der Waals surface area (Å²) in [7, 11) is 0. The molecule has 1 saturated heterocycles. The molecular formula is C12H17N3S. The van der Waals surface area contributed by atoms with E-state index in [1.807, 2.05) is 18.2 Å². The topological polar surface area (TPSA) is 28.5 Å². The zero-order valence-corrected chi connectivity index (χ0v) is 10.4. The Morgan fingerprint density at radius 3 is 2.75 bits per heavy atom. The number of nitrogens with zero attached hydrogens (tertiary/aromatic N) is 3. The molecule has 0 saturated carbocycles. The molecule has 86 valence electrons. The van der Waals surface area contributed by atoms with Gasteiger partial charge in [-0.05, 0) is 37.7 Å². The van der Waals surface area contributed by atoms with Crippen molar-refractivity contribution < 1.29 is 0 Å². The lowest BCUT2D eigenvalue weighted by atomic mass is 10.1. The quantitative estimate of drug-likeness (QED) is 0.553. The second kappa shape index (κ2) is 5.89. The van der Waals surface area contributed by atoms with E-state index >= 15 is 0 Å². The van der Waals surface area contributed by atoms with Gasteiger partial charge in [-0.25, -0.2) is 9.98 Å². The number of aliphatic imine (C=N–C) groups is 1. The van der Waals surface area contributed by atoms with Gasteiger partial charge >= 0.3 is 0 Å². The first-order valence-electron chi connectivity index (χ1n) is 5.69. The highest BCUT2D eigenvalue weighted by molar-refractivity contribution is 8.13. The second-order valence-corrected chi connectivity index (χ2v) is 4.61. The first-order chi connectivity index (χ1) is 7.90. The lowest BCUT2D eigenvalue weighted by Crippen LogP contribution is -2.33. The summed E-state index contributed by atoms with van der Waals surface area (Å²) in [6.45, 7) is 2.26. The van der Waals surface area contributed by atoms with Gasteiger partial charge in [-0.1, -0.05) is 17.8 Å². The van der Waals surface area contributed by atoms with Crippen molar-refractivity contribution in [3.05, 3.63) is 24.4 Å². The Bertz CT molecular complexity index is 345. The van der Waals surface area contributed by atoms with Crippen LogP contribution in [0.15, 0.2) is 29.4 Å². The predicted octanol–water partition coefficient (Wildman–Crippen LogP) is 2.92. The molecule has 1 aromatic heterocycles. The summed E-state index contributed by atoms with van der Waals surface area (Å²) >= 11 is 1.71. The van der Waals surface area contributed by atoms with Crippen LogP contribution in [0.1, 0.15) is 19.3 Å². The van der Waals surface area contributed by atoms with Crippen molar-refractivity contribution in [2.45, 2.75) is 19.3 Å². The highest BCUT2D eigenvalue weighted by atomic mass is 32.2. The average Bonchev–Trinajstić information content (AvgIpc) is 2.38. The molecule has 0 bridgehead atoms. The standard InChI is InChI=1S/C12H17N3S/c1-16-12(15-9-5-2-6-10-15)14-11-7-3-4-8-13-11/h3-4,7-8H,2,5-6,9-10H2,1H3. The van der Waals surface area contributed by atoms with Gasteiger partial charge in [0.1, 0.15) is 0 Å². The van der Waals surface area contributed by atoms with E-state index in [-0.39, 0.29) is 0 Å². The number of piperidine rings is 1.